The molecule has 100 valence electrons. The minimum atomic E-state index is 0.495. The number of aromatic nitrogens is 2. The van der Waals surface area contributed by atoms with Crippen LogP contribution in [0.25, 0.3) is 22.1 Å². The second kappa shape index (κ2) is 5.49. The van der Waals surface area contributed by atoms with Crippen LogP contribution in [-0.2, 0) is 0 Å². The highest BCUT2D eigenvalue weighted by Gasteiger charge is 2.06. The molecule has 0 saturated heterocycles. The fourth-order valence-corrected chi connectivity index (χ4v) is 2.40. The summed E-state index contributed by atoms with van der Waals surface area (Å²) in [6, 6.07) is 13.1. The van der Waals surface area contributed by atoms with Crippen molar-refractivity contribution in [2.24, 2.45) is 0 Å². The van der Waals surface area contributed by atoms with Crippen LogP contribution in [0.15, 0.2) is 42.5 Å². The Bertz CT molecular complexity index is 773. The molecule has 0 atom stereocenters. The molecule has 2 nitrogen and oxygen atoms in total. The number of nitrogens with zero attached hydrogens (tertiary/aromatic N) is 1. The van der Waals surface area contributed by atoms with Crippen LogP contribution in [0.5, 0.6) is 0 Å². The molecule has 5 heteroatoms. The van der Waals surface area contributed by atoms with Gasteiger partial charge in [0.25, 0.3) is 0 Å². The lowest BCUT2D eigenvalue weighted by molar-refractivity contribution is 1.29. The number of rotatable bonds is 2. The highest BCUT2D eigenvalue weighted by molar-refractivity contribution is 6.51. The van der Waals surface area contributed by atoms with Crippen molar-refractivity contribution in [2.75, 3.05) is 0 Å². The zero-order valence-electron chi connectivity index (χ0n) is 10.2. The van der Waals surface area contributed by atoms with Gasteiger partial charge in [0.05, 0.1) is 26.1 Å². The second-order valence-electron chi connectivity index (χ2n) is 4.27. The Balaban J connectivity index is 2.00. The number of hydrogen-bond donors (Lipinski definition) is 1. The first-order valence-electron chi connectivity index (χ1n) is 5.91. The fraction of sp³-hybridized carbons (Fsp3) is 0. The summed E-state index contributed by atoms with van der Waals surface area (Å²) in [5.74, 6) is 0.624. The quantitative estimate of drug-likeness (QED) is 0.652. The molecule has 1 N–H and O–H groups in total. The second-order valence-corrected chi connectivity index (χ2v) is 5.49. The number of nitrogens with one attached hydrogen (secondary N) is 1. The van der Waals surface area contributed by atoms with Crippen LogP contribution < -0.4 is 0 Å². The standard InChI is InChI=1S/C15H9Cl3N2/c16-10-6-5-9(7-11(10)17)8-12(18)15-19-13-3-1-2-4-14(13)20-15/h1-8H,(H,19,20). The maximum Gasteiger partial charge on any atom is 0.150 e. The Hall–Kier alpha value is -1.48. The Morgan fingerprint density at radius 2 is 1.85 bits per heavy atom. The number of benzene rings is 2. The van der Waals surface area contributed by atoms with Crippen LogP contribution in [0.3, 0.4) is 0 Å². The van der Waals surface area contributed by atoms with E-state index < -0.39 is 0 Å². The first-order chi connectivity index (χ1) is 9.63. The predicted octanol–water partition coefficient (Wildman–Crippen LogP) is 5.61. The molecular formula is C15H9Cl3N2. The Morgan fingerprint density at radius 1 is 1.05 bits per heavy atom. The zero-order chi connectivity index (χ0) is 14.1. The zero-order valence-corrected chi connectivity index (χ0v) is 12.5. The molecule has 0 fully saturated rings. The molecule has 3 rings (SSSR count). The topological polar surface area (TPSA) is 28.7 Å². The first kappa shape index (κ1) is 13.5. The summed E-state index contributed by atoms with van der Waals surface area (Å²) in [6.45, 7) is 0. The molecule has 1 heterocycles. The average molecular weight is 324 g/mol. The predicted molar refractivity (Wildman–Crippen MR) is 86.3 cm³/mol. The van der Waals surface area contributed by atoms with Crippen LogP contribution in [0.1, 0.15) is 11.4 Å². The largest absolute Gasteiger partial charge is 0.337 e. The van der Waals surface area contributed by atoms with Crippen molar-refractivity contribution >= 4 is 56.9 Å². The smallest absolute Gasteiger partial charge is 0.150 e. The maximum absolute atomic E-state index is 6.30. The molecule has 0 aliphatic carbocycles. The van der Waals surface area contributed by atoms with Crippen LogP contribution in [-0.4, -0.2) is 9.97 Å². The Morgan fingerprint density at radius 3 is 2.60 bits per heavy atom. The van der Waals surface area contributed by atoms with Crippen LogP contribution in [0.2, 0.25) is 10.0 Å². The number of fused-ring (bicyclic) bond motifs is 1. The molecule has 0 aliphatic heterocycles. The van der Waals surface area contributed by atoms with Crippen molar-refractivity contribution in [2.45, 2.75) is 0 Å². The van der Waals surface area contributed by atoms with E-state index in [1.54, 1.807) is 18.2 Å². The number of aromatic amines is 1. The average Bonchev–Trinajstić information content (AvgIpc) is 2.87. The van der Waals surface area contributed by atoms with Crippen molar-refractivity contribution in [3.8, 4) is 0 Å². The van der Waals surface area contributed by atoms with Gasteiger partial charge in [0.15, 0.2) is 0 Å². The molecule has 0 unspecified atom stereocenters. The van der Waals surface area contributed by atoms with Gasteiger partial charge in [0, 0.05) is 0 Å². The number of H-pyrrole nitrogens is 1. The minimum absolute atomic E-state index is 0.495. The van der Waals surface area contributed by atoms with Gasteiger partial charge in [-0.05, 0) is 35.9 Å². The Kier molecular flexibility index (Phi) is 3.70. The maximum atomic E-state index is 6.30. The van der Waals surface area contributed by atoms with Crippen LogP contribution in [0, 0.1) is 0 Å². The molecule has 2 aromatic carbocycles. The normalized spacial score (nSPS) is 12.1. The lowest BCUT2D eigenvalue weighted by atomic mass is 10.2. The van der Waals surface area contributed by atoms with Gasteiger partial charge in [-0.15, -0.1) is 0 Å². The summed E-state index contributed by atoms with van der Waals surface area (Å²) < 4.78 is 0. The van der Waals surface area contributed by atoms with Gasteiger partial charge in [-0.3, -0.25) is 0 Å². The van der Waals surface area contributed by atoms with Gasteiger partial charge in [-0.1, -0.05) is 53.0 Å². The summed E-state index contributed by atoms with van der Waals surface area (Å²) in [5, 5.41) is 1.53. The van der Waals surface area contributed by atoms with E-state index in [2.05, 4.69) is 9.97 Å². The molecule has 20 heavy (non-hydrogen) atoms. The number of imidazole rings is 1. The van der Waals surface area contributed by atoms with E-state index in [4.69, 9.17) is 34.8 Å². The third-order valence-corrected chi connectivity index (χ3v) is 3.88. The molecule has 0 spiro atoms. The van der Waals surface area contributed by atoms with Crippen molar-refractivity contribution in [1.82, 2.24) is 9.97 Å². The molecule has 0 saturated carbocycles. The summed E-state index contributed by atoms with van der Waals surface area (Å²) in [6.07, 6.45) is 1.79. The van der Waals surface area contributed by atoms with E-state index in [1.807, 2.05) is 30.3 Å². The lowest BCUT2D eigenvalue weighted by Crippen LogP contribution is -1.81. The molecule has 0 bridgehead atoms. The summed E-state index contributed by atoms with van der Waals surface area (Å²) in [5.41, 5.74) is 2.69. The first-order valence-corrected chi connectivity index (χ1v) is 7.04. The van der Waals surface area contributed by atoms with Crippen LogP contribution >= 0.6 is 34.8 Å². The Labute approximate surface area is 131 Å². The molecule has 3 aromatic rings. The van der Waals surface area contributed by atoms with E-state index in [0.717, 1.165) is 16.6 Å². The molecule has 0 amide bonds. The lowest BCUT2D eigenvalue weighted by Gasteiger charge is -1.99. The van der Waals surface area contributed by atoms with E-state index in [1.165, 1.54) is 0 Å². The van der Waals surface area contributed by atoms with E-state index in [-0.39, 0.29) is 0 Å². The monoisotopic (exact) mass is 322 g/mol. The highest BCUT2D eigenvalue weighted by atomic mass is 35.5. The van der Waals surface area contributed by atoms with E-state index in [9.17, 15) is 0 Å². The molecule has 1 aromatic heterocycles. The van der Waals surface area contributed by atoms with E-state index in [0.29, 0.717) is 20.9 Å². The number of para-hydroxylation sites is 2. The van der Waals surface area contributed by atoms with Gasteiger partial charge in [-0.2, -0.15) is 0 Å². The summed E-state index contributed by atoms with van der Waals surface area (Å²) in [7, 11) is 0. The van der Waals surface area contributed by atoms with Gasteiger partial charge in [0.1, 0.15) is 5.82 Å². The summed E-state index contributed by atoms with van der Waals surface area (Å²) in [4.78, 5) is 7.61. The van der Waals surface area contributed by atoms with Gasteiger partial charge < -0.3 is 4.98 Å². The van der Waals surface area contributed by atoms with Gasteiger partial charge >= 0.3 is 0 Å². The molecule has 0 radical (unpaired) electrons. The van der Waals surface area contributed by atoms with Crippen molar-refractivity contribution < 1.29 is 0 Å². The van der Waals surface area contributed by atoms with Crippen molar-refractivity contribution in [1.29, 1.82) is 0 Å². The summed E-state index contributed by atoms with van der Waals surface area (Å²) >= 11 is 18.2. The van der Waals surface area contributed by atoms with Crippen LogP contribution in [0.4, 0.5) is 0 Å². The number of hydrogen-bond acceptors (Lipinski definition) is 1. The van der Waals surface area contributed by atoms with Gasteiger partial charge in [-0.25, -0.2) is 4.98 Å². The SMILES string of the molecule is ClC(=Cc1ccc(Cl)c(Cl)c1)c1nc2ccccc2[nH]1. The fourth-order valence-electron chi connectivity index (χ4n) is 1.88. The van der Waals surface area contributed by atoms with Crippen molar-refractivity contribution in [3.05, 3.63) is 63.9 Å². The van der Waals surface area contributed by atoms with Crippen molar-refractivity contribution in [3.63, 3.8) is 0 Å². The third kappa shape index (κ3) is 2.68. The number of halogens is 3. The van der Waals surface area contributed by atoms with E-state index >= 15 is 0 Å². The molecule has 0 aliphatic rings. The van der Waals surface area contributed by atoms with Gasteiger partial charge in [0.2, 0.25) is 0 Å². The molecular weight excluding hydrogens is 315 g/mol. The minimum Gasteiger partial charge on any atom is -0.337 e. The highest BCUT2D eigenvalue weighted by Crippen LogP contribution is 2.26. The third-order valence-electron chi connectivity index (χ3n) is 2.85.